The van der Waals surface area contributed by atoms with E-state index in [1.807, 2.05) is 12.1 Å². The number of benzene rings is 2. The molecule has 0 unspecified atom stereocenters. The van der Waals surface area contributed by atoms with Crippen LogP contribution >= 0.6 is 11.3 Å². The highest BCUT2D eigenvalue weighted by atomic mass is 32.1. The predicted molar refractivity (Wildman–Crippen MR) is 151 cm³/mol. The van der Waals surface area contributed by atoms with Gasteiger partial charge in [-0.3, -0.25) is 9.88 Å². The molecular formula is C28H26F4N6O2S. The first-order valence-electron chi connectivity index (χ1n) is 12.8. The lowest BCUT2D eigenvalue weighted by Crippen LogP contribution is -2.38. The summed E-state index contributed by atoms with van der Waals surface area (Å²) in [6.07, 6.45) is -1.17. The second-order valence-corrected chi connectivity index (χ2v) is 10.2. The third-order valence-electron chi connectivity index (χ3n) is 6.34. The molecule has 0 spiro atoms. The summed E-state index contributed by atoms with van der Waals surface area (Å²) in [5.41, 5.74) is 1.32. The van der Waals surface area contributed by atoms with Gasteiger partial charge in [0.25, 0.3) is 0 Å². The van der Waals surface area contributed by atoms with Crippen LogP contribution in [0.25, 0.3) is 21.7 Å². The number of pyridine rings is 1. The Balaban J connectivity index is 1.33. The summed E-state index contributed by atoms with van der Waals surface area (Å²) in [4.78, 5) is 24.5. The van der Waals surface area contributed by atoms with Gasteiger partial charge in [0.1, 0.15) is 5.82 Å². The minimum absolute atomic E-state index is 0.0946. The molecule has 0 atom stereocenters. The van der Waals surface area contributed by atoms with Crippen molar-refractivity contribution in [2.75, 3.05) is 55.3 Å². The van der Waals surface area contributed by atoms with Gasteiger partial charge in [-0.15, -0.1) is 0 Å². The molecule has 13 heteroatoms. The second kappa shape index (κ2) is 12.6. The number of nitrogens with one attached hydrogen (secondary N) is 3. The molecule has 2 amide bonds. The molecule has 0 saturated carbocycles. The van der Waals surface area contributed by atoms with E-state index in [1.54, 1.807) is 18.5 Å². The van der Waals surface area contributed by atoms with Crippen LogP contribution in [0, 0.1) is 5.82 Å². The summed E-state index contributed by atoms with van der Waals surface area (Å²) >= 11 is 1.40. The first-order valence-corrected chi connectivity index (χ1v) is 13.6. The molecule has 3 heterocycles. The molecule has 0 aliphatic carbocycles. The number of amides is 2. The zero-order chi connectivity index (χ0) is 28.8. The summed E-state index contributed by atoms with van der Waals surface area (Å²) in [6, 6.07) is 11.2. The van der Waals surface area contributed by atoms with E-state index >= 15 is 0 Å². The summed E-state index contributed by atoms with van der Waals surface area (Å²) in [5, 5.41) is 8.94. The molecule has 1 aliphatic heterocycles. The third kappa shape index (κ3) is 7.37. The molecule has 3 N–H and O–H groups in total. The fourth-order valence-corrected chi connectivity index (χ4v) is 5.24. The van der Waals surface area contributed by atoms with E-state index in [4.69, 9.17) is 9.72 Å². The second-order valence-electron chi connectivity index (χ2n) is 9.16. The maximum absolute atomic E-state index is 14.7. The predicted octanol–water partition coefficient (Wildman–Crippen LogP) is 6.42. The van der Waals surface area contributed by atoms with E-state index in [0.29, 0.717) is 22.9 Å². The topological polar surface area (TPSA) is 91.4 Å². The first kappa shape index (κ1) is 28.5. The van der Waals surface area contributed by atoms with Crippen molar-refractivity contribution in [1.29, 1.82) is 0 Å². The maximum atomic E-state index is 14.7. The van der Waals surface area contributed by atoms with E-state index in [9.17, 15) is 22.4 Å². The van der Waals surface area contributed by atoms with Crippen molar-refractivity contribution >= 4 is 33.9 Å². The fourth-order valence-electron chi connectivity index (χ4n) is 4.23. The Kier molecular flexibility index (Phi) is 8.76. The molecule has 214 valence electrons. The Hall–Kier alpha value is -4.07. The van der Waals surface area contributed by atoms with Gasteiger partial charge in [-0.05, 0) is 54.1 Å². The van der Waals surface area contributed by atoms with E-state index in [2.05, 4.69) is 25.8 Å². The zero-order valence-corrected chi connectivity index (χ0v) is 22.5. The first-order chi connectivity index (χ1) is 19.8. The summed E-state index contributed by atoms with van der Waals surface area (Å²) in [6.45, 7) is 4.72. The Labute approximate surface area is 237 Å². The molecule has 2 aromatic heterocycles. The average molecular weight is 587 g/mol. The zero-order valence-electron chi connectivity index (χ0n) is 21.7. The van der Waals surface area contributed by atoms with Gasteiger partial charge in [0.2, 0.25) is 0 Å². The van der Waals surface area contributed by atoms with Crippen LogP contribution in [0.2, 0.25) is 0 Å². The number of urea groups is 1. The molecule has 1 saturated heterocycles. The molecule has 1 aliphatic rings. The third-order valence-corrected chi connectivity index (χ3v) is 7.40. The number of thiazole rings is 1. The van der Waals surface area contributed by atoms with Crippen molar-refractivity contribution in [3.05, 3.63) is 78.4 Å². The van der Waals surface area contributed by atoms with Crippen LogP contribution in [0.4, 0.5) is 38.9 Å². The number of halogens is 4. The number of morpholine rings is 1. The van der Waals surface area contributed by atoms with Gasteiger partial charge in [0, 0.05) is 49.8 Å². The molecule has 0 bridgehead atoms. The number of carbonyl (C=O) groups is 1. The Morgan fingerprint density at radius 1 is 0.976 bits per heavy atom. The van der Waals surface area contributed by atoms with Gasteiger partial charge in [-0.2, -0.15) is 13.2 Å². The number of hydrogen-bond acceptors (Lipinski definition) is 7. The highest BCUT2D eigenvalue weighted by Crippen LogP contribution is 2.40. The Morgan fingerprint density at radius 3 is 2.41 bits per heavy atom. The van der Waals surface area contributed by atoms with Crippen LogP contribution in [-0.4, -0.2) is 60.3 Å². The number of carbonyl (C=O) groups excluding carboxylic acids is 1. The Bertz CT molecular complexity index is 1480. The van der Waals surface area contributed by atoms with Gasteiger partial charge in [0.05, 0.1) is 35.0 Å². The van der Waals surface area contributed by atoms with Crippen LogP contribution in [0.15, 0.2) is 67.0 Å². The van der Waals surface area contributed by atoms with Crippen molar-refractivity contribution < 1.29 is 27.1 Å². The minimum atomic E-state index is -4.49. The number of alkyl halides is 3. The van der Waals surface area contributed by atoms with Crippen LogP contribution in [-0.2, 0) is 10.9 Å². The summed E-state index contributed by atoms with van der Waals surface area (Å²) in [5.74, 6) is -0.671. The smallest absolute Gasteiger partial charge is 0.379 e. The van der Waals surface area contributed by atoms with Gasteiger partial charge < -0.3 is 20.7 Å². The number of rotatable bonds is 8. The van der Waals surface area contributed by atoms with Crippen molar-refractivity contribution in [2.24, 2.45) is 0 Å². The SMILES string of the molecule is O=C(Nc1ccc(C(F)(F)F)cc1)Nc1cc(-c2sc(NCCN3CCOCC3)nc2-c2ccncc2)ccc1F. The van der Waals surface area contributed by atoms with Crippen LogP contribution < -0.4 is 16.0 Å². The number of aromatic nitrogens is 2. The average Bonchev–Trinajstić information content (AvgIpc) is 3.39. The Morgan fingerprint density at radius 2 is 1.71 bits per heavy atom. The van der Waals surface area contributed by atoms with Crippen LogP contribution in [0.3, 0.4) is 0 Å². The van der Waals surface area contributed by atoms with Crippen LogP contribution in [0.1, 0.15) is 5.56 Å². The van der Waals surface area contributed by atoms with Gasteiger partial charge in [-0.1, -0.05) is 17.4 Å². The lowest BCUT2D eigenvalue weighted by Gasteiger charge is -2.26. The van der Waals surface area contributed by atoms with Gasteiger partial charge >= 0.3 is 12.2 Å². The monoisotopic (exact) mass is 586 g/mol. The largest absolute Gasteiger partial charge is 0.416 e. The van der Waals surface area contributed by atoms with Crippen molar-refractivity contribution in [3.8, 4) is 21.7 Å². The molecule has 1 fully saturated rings. The van der Waals surface area contributed by atoms with E-state index in [1.165, 1.54) is 23.5 Å². The van der Waals surface area contributed by atoms with Crippen LogP contribution in [0.5, 0.6) is 0 Å². The molecule has 0 radical (unpaired) electrons. The highest BCUT2D eigenvalue weighted by molar-refractivity contribution is 7.19. The van der Waals surface area contributed by atoms with Gasteiger partial charge in [0.15, 0.2) is 5.13 Å². The normalized spacial score (nSPS) is 14.0. The van der Waals surface area contributed by atoms with E-state index < -0.39 is 23.6 Å². The number of nitrogens with zero attached hydrogens (tertiary/aromatic N) is 3. The van der Waals surface area contributed by atoms with Crippen molar-refractivity contribution in [1.82, 2.24) is 14.9 Å². The number of anilines is 3. The molecule has 2 aromatic carbocycles. The summed E-state index contributed by atoms with van der Waals surface area (Å²) in [7, 11) is 0. The molecule has 5 rings (SSSR count). The molecule has 4 aromatic rings. The quantitative estimate of drug-likeness (QED) is 0.207. The molecular weight excluding hydrogens is 560 g/mol. The fraction of sp³-hybridized carbons (Fsp3) is 0.250. The van der Waals surface area contributed by atoms with Gasteiger partial charge in [-0.25, -0.2) is 14.2 Å². The maximum Gasteiger partial charge on any atom is 0.416 e. The highest BCUT2D eigenvalue weighted by Gasteiger charge is 2.30. The minimum Gasteiger partial charge on any atom is -0.379 e. The number of ether oxygens (including phenoxy) is 1. The lowest BCUT2D eigenvalue weighted by atomic mass is 10.1. The number of hydrogen-bond donors (Lipinski definition) is 3. The molecule has 41 heavy (non-hydrogen) atoms. The molecule has 8 nitrogen and oxygen atoms in total. The van der Waals surface area contributed by atoms with Crippen molar-refractivity contribution in [2.45, 2.75) is 6.18 Å². The van der Waals surface area contributed by atoms with E-state index in [0.717, 1.165) is 67.6 Å². The van der Waals surface area contributed by atoms with Crippen molar-refractivity contribution in [3.63, 3.8) is 0 Å². The lowest BCUT2D eigenvalue weighted by molar-refractivity contribution is -0.137. The van der Waals surface area contributed by atoms with E-state index in [-0.39, 0.29) is 11.4 Å². The summed E-state index contributed by atoms with van der Waals surface area (Å²) < 4.78 is 58.6. The standard InChI is InChI=1S/C28H26F4N6O2S/c29-22-6-1-19(17-23(22)36-26(39)35-21-4-2-20(3-5-21)28(30,31)32)25-24(18-7-9-33-10-8-18)37-27(41-25)34-11-12-38-13-15-40-16-14-38/h1-10,17H,11-16H2,(H,34,37)(H2,35,36,39).